The molecule has 1 saturated heterocycles. The molecule has 1 aliphatic rings. The highest BCUT2D eigenvalue weighted by Crippen LogP contribution is 2.22. The van der Waals surface area contributed by atoms with Crippen molar-refractivity contribution >= 4 is 10.1 Å². The third-order valence-electron chi connectivity index (χ3n) is 3.14. The van der Waals surface area contributed by atoms with Crippen LogP contribution in [0.3, 0.4) is 0 Å². The van der Waals surface area contributed by atoms with Crippen molar-refractivity contribution in [2.75, 3.05) is 13.2 Å². The van der Waals surface area contributed by atoms with Crippen molar-refractivity contribution < 1.29 is 22.1 Å². The first kappa shape index (κ1) is 15.4. The molecule has 112 valence electrons. The van der Waals surface area contributed by atoms with E-state index >= 15 is 0 Å². The van der Waals surface area contributed by atoms with Crippen molar-refractivity contribution in [3.05, 3.63) is 29.8 Å². The molecule has 2 unspecified atom stereocenters. The monoisotopic (exact) mass is 300 g/mol. The molecule has 1 fully saturated rings. The molecule has 1 aromatic carbocycles. The number of hydrogen-bond donors (Lipinski definition) is 0. The van der Waals surface area contributed by atoms with E-state index in [1.54, 1.807) is 24.3 Å². The zero-order chi connectivity index (χ0) is 14.6. The first-order chi connectivity index (χ1) is 9.51. The van der Waals surface area contributed by atoms with Crippen LogP contribution in [0.25, 0.3) is 0 Å². The van der Waals surface area contributed by atoms with E-state index < -0.39 is 10.1 Å². The number of rotatable bonds is 6. The molecule has 0 bridgehead atoms. The van der Waals surface area contributed by atoms with Gasteiger partial charge >= 0.3 is 0 Å². The summed E-state index contributed by atoms with van der Waals surface area (Å²) in [7, 11) is -3.72. The largest absolute Gasteiger partial charge is 0.353 e. The van der Waals surface area contributed by atoms with Crippen LogP contribution >= 0.6 is 0 Å². The predicted molar refractivity (Wildman–Crippen MR) is 73.8 cm³/mol. The van der Waals surface area contributed by atoms with Crippen LogP contribution in [0.15, 0.2) is 29.2 Å². The summed E-state index contributed by atoms with van der Waals surface area (Å²) < 4.78 is 39.9. The second kappa shape index (κ2) is 6.67. The Balaban J connectivity index is 1.89. The summed E-state index contributed by atoms with van der Waals surface area (Å²) in [5, 5.41) is 0. The van der Waals surface area contributed by atoms with Crippen molar-refractivity contribution in [2.45, 2.75) is 44.0 Å². The molecule has 2 rings (SSSR count). The average molecular weight is 300 g/mol. The highest BCUT2D eigenvalue weighted by atomic mass is 32.2. The normalized spacial score (nSPS) is 23.1. The van der Waals surface area contributed by atoms with Gasteiger partial charge in [-0.15, -0.1) is 0 Å². The number of ether oxygens (including phenoxy) is 2. The minimum Gasteiger partial charge on any atom is -0.353 e. The van der Waals surface area contributed by atoms with Crippen LogP contribution in [0.5, 0.6) is 0 Å². The zero-order valence-corrected chi connectivity index (χ0v) is 12.6. The minimum atomic E-state index is -3.72. The summed E-state index contributed by atoms with van der Waals surface area (Å²) in [6.45, 7) is 4.41. The van der Waals surface area contributed by atoms with E-state index in [2.05, 4.69) is 0 Å². The lowest BCUT2D eigenvalue weighted by atomic mass is 10.2. The molecule has 0 spiro atoms. The topological polar surface area (TPSA) is 61.8 Å². The molecule has 2 atom stereocenters. The van der Waals surface area contributed by atoms with E-state index in [1.807, 2.05) is 13.8 Å². The fraction of sp³-hybridized carbons (Fsp3) is 0.571. The van der Waals surface area contributed by atoms with Gasteiger partial charge in [0.25, 0.3) is 10.1 Å². The molecule has 5 nitrogen and oxygen atoms in total. The Kier molecular flexibility index (Phi) is 5.15. The van der Waals surface area contributed by atoms with E-state index in [9.17, 15) is 8.42 Å². The Hall–Kier alpha value is -0.950. The molecular weight excluding hydrogens is 280 g/mol. The summed E-state index contributed by atoms with van der Waals surface area (Å²) in [5.41, 5.74) is 1.00. The fourth-order valence-corrected chi connectivity index (χ4v) is 2.98. The maximum Gasteiger partial charge on any atom is 0.297 e. The number of benzene rings is 1. The molecule has 6 heteroatoms. The quantitative estimate of drug-likeness (QED) is 0.754. The van der Waals surface area contributed by atoms with E-state index in [4.69, 9.17) is 13.7 Å². The number of hydrogen-bond acceptors (Lipinski definition) is 5. The second-order valence-corrected chi connectivity index (χ2v) is 6.39. The Morgan fingerprint density at radius 3 is 2.60 bits per heavy atom. The van der Waals surface area contributed by atoms with Gasteiger partial charge in [0.05, 0.1) is 17.6 Å². The van der Waals surface area contributed by atoms with Crippen LogP contribution < -0.4 is 0 Å². The van der Waals surface area contributed by atoms with Gasteiger partial charge in [-0.3, -0.25) is 4.18 Å². The van der Waals surface area contributed by atoms with Gasteiger partial charge < -0.3 is 9.47 Å². The highest BCUT2D eigenvalue weighted by molar-refractivity contribution is 7.86. The van der Waals surface area contributed by atoms with E-state index in [0.717, 1.165) is 18.4 Å². The lowest BCUT2D eigenvalue weighted by molar-refractivity contribution is -0.135. The Bertz CT molecular complexity index is 523. The van der Waals surface area contributed by atoms with Crippen LogP contribution in [0.1, 0.15) is 25.3 Å². The number of aryl methyl sites for hydroxylation is 1. The van der Waals surface area contributed by atoms with Gasteiger partial charge in [0.1, 0.15) is 0 Å². The summed E-state index contributed by atoms with van der Waals surface area (Å²) >= 11 is 0. The first-order valence-electron chi connectivity index (χ1n) is 6.74. The first-order valence-corrected chi connectivity index (χ1v) is 8.15. The zero-order valence-electron chi connectivity index (χ0n) is 11.7. The van der Waals surface area contributed by atoms with Gasteiger partial charge in [0, 0.05) is 13.0 Å². The Labute approximate surface area is 120 Å². The van der Waals surface area contributed by atoms with Crippen molar-refractivity contribution in [3.8, 4) is 0 Å². The van der Waals surface area contributed by atoms with E-state index in [0.29, 0.717) is 6.61 Å². The smallest absolute Gasteiger partial charge is 0.297 e. The van der Waals surface area contributed by atoms with Crippen molar-refractivity contribution in [1.29, 1.82) is 0 Å². The highest BCUT2D eigenvalue weighted by Gasteiger charge is 2.27. The van der Waals surface area contributed by atoms with Crippen LogP contribution in [-0.4, -0.2) is 34.0 Å². The van der Waals surface area contributed by atoms with Crippen LogP contribution in [0.2, 0.25) is 0 Å². The molecule has 1 aromatic rings. The Morgan fingerprint density at radius 2 is 1.95 bits per heavy atom. The van der Waals surface area contributed by atoms with Crippen LogP contribution in [0, 0.1) is 6.92 Å². The fourth-order valence-electron chi connectivity index (χ4n) is 2.04. The van der Waals surface area contributed by atoms with Crippen molar-refractivity contribution in [3.63, 3.8) is 0 Å². The van der Waals surface area contributed by atoms with Gasteiger partial charge in [-0.05, 0) is 32.4 Å². The molecule has 0 saturated carbocycles. The molecule has 0 amide bonds. The summed E-state index contributed by atoms with van der Waals surface area (Å²) in [5.74, 6) is 0. The molecular formula is C14H20O5S. The SMILES string of the molecule is CCOC1CCC(COS(=O)(=O)c2ccc(C)cc2)O1. The maximum atomic E-state index is 12.0. The second-order valence-electron chi connectivity index (χ2n) is 4.77. The van der Waals surface area contributed by atoms with Crippen molar-refractivity contribution in [2.24, 2.45) is 0 Å². The molecule has 0 radical (unpaired) electrons. The van der Waals surface area contributed by atoms with E-state index in [-0.39, 0.29) is 23.9 Å². The molecule has 0 aromatic heterocycles. The average Bonchev–Trinajstić information content (AvgIpc) is 2.85. The van der Waals surface area contributed by atoms with Crippen molar-refractivity contribution in [1.82, 2.24) is 0 Å². The third-order valence-corrected chi connectivity index (χ3v) is 4.44. The molecule has 0 N–H and O–H groups in total. The van der Waals surface area contributed by atoms with E-state index in [1.165, 1.54) is 0 Å². The lowest BCUT2D eigenvalue weighted by Gasteiger charge is -2.13. The summed E-state index contributed by atoms with van der Waals surface area (Å²) in [4.78, 5) is 0.169. The standard InChI is InChI=1S/C14H20O5S/c1-3-17-14-9-6-12(19-14)10-18-20(15,16)13-7-4-11(2)5-8-13/h4-5,7-8,12,14H,3,6,9-10H2,1-2H3. The maximum absolute atomic E-state index is 12.0. The van der Waals surface area contributed by atoms with Crippen LogP contribution in [0.4, 0.5) is 0 Å². The summed E-state index contributed by atoms with van der Waals surface area (Å²) in [6, 6.07) is 6.58. The van der Waals surface area contributed by atoms with Gasteiger partial charge in [0.15, 0.2) is 6.29 Å². The van der Waals surface area contributed by atoms with Gasteiger partial charge in [-0.2, -0.15) is 8.42 Å². The van der Waals surface area contributed by atoms with Crippen LogP contribution in [-0.2, 0) is 23.8 Å². The predicted octanol–water partition coefficient (Wildman–Crippen LogP) is 2.24. The van der Waals surface area contributed by atoms with Gasteiger partial charge in [-0.1, -0.05) is 17.7 Å². The Morgan fingerprint density at radius 1 is 1.25 bits per heavy atom. The summed E-state index contributed by atoms with van der Waals surface area (Å²) in [6.07, 6.45) is 1.04. The third kappa shape index (κ3) is 4.02. The van der Waals surface area contributed by atoms with Gasteiger partial charge in [0.2, 0.25) is 0 Å². The lowest BCUT2D eigenvalue weighted by Crippen LogP contribution is -2.21. The molecule has 20 heavy (non-hydrogen) atoms. The molecule has 1 aliphatic heterocycles. The van der Waals surface area contributed by atoms with Gasteiger partial charge in [-0.25, -0.2) is 0 Å². The molecule has 0 aliphatic carbocycles. The molecule has 1 heterocycles. The minimum absolute atomic E-state index is 0.0276.